The van der Waals surface area contributed by atoms with E-state index in [1.165, 1.54) is 19.1 Å². The Bertz CT molecular complexity index is 726. The number of hydrogen-bond acceptors (Lipinski definition) is 4. The number of carbonyl (C=O) groups is 1. The molecule has 0 radical (unpaired) electrons. The SMILES string of the molecule is Cc1ccc2nc(C(F)(F)F)cc(C=O)c2c1[N+](=O)[O-]. The van der Waals surface area contributed by atoms with E-state index < -0.39 is 28.0 Å². The highest BCUT2D eigenvalue weighted by molar-refractivity contribution is 6.02. The molecule has 0 aliphatic carbocycles. The zero-order chi connectivity index (χ0) is 15.1. The number of hydrogen-bond donors (Lipinski definition) is 0. The predicted molar refractivity (Wildman–Crippen MR) is 63.5 cm³/mol. The number of nitro groups is 1. The summed E-state index contributed by atoms with van der Waals surface area (Å²) in [7, 11) is 0. The van der Waals surface area contributed by atoms with Gasteiger partial charge in [0.05, 0.1) is 15.8 Å². The van der Waals surface area contributed by atoms with Crippen molar-refractivity contribution in [1.29, 1.82) is 0 Å². The van der Waals surface area contributed by atoms with E-state index in [2.05, 4.69) is 4.98 Å². The fraction of sp³-hybridized carbons (Fsp3) is 0.167. The van der Waals surface area contributed by atoms with Crippen molar-refractivity contribution < 1.29 is 22.9 Å². The van der Waals surface area contributed by atoms with Crippen molar-refractivity contribution >= 4 is 22.9 Å². The van der Waals surface area contributed by atoms with Gasteiger partial charge in [0.1, 0.15) is 5.69 Å². The van der Waals surface area contributed by atoms with Gasteiger partial charge in [-0.25, -0.2) is 4.98 Å². The molecule has 1 heterocycles. The van der Waals surface area contributed by atoms with E-state index in [4.69, 9.17) is 0 Å². The van der Waals surface area contributed by atoms with Crippen LogP contribution in [0.4, 0.5) is 18.9 Å². The number of nitrogens with zero attached hydrogens (tertiary/aromatic N) is 2. The summed E-state index contributed by atoms with van der Waals surface area (Å²) in [5, 5.41) is 10.8. The standard InChI is InChI=1S/C12H7F3N2O3/c1-6-2-3-8-10(11(6)17(19)20)7(5-18)4-9(16-8)12(13,14)15/h2-5H,1H3. The van der Waals surface area contributed by atoms with Crippen molar-refractivity contribution in [1.82, 2.24) is 4.98 Å². The molecule has 1 aromatic heterocycles. The van der Waals surface area contributed by atoms with Crippen molar-refractivity contribution in [2.75, 3.05) is 0 Å². The van der Waals surface area contributed by atoms with E-state index in [0.717, 1.165) is 0 Å². The summed E-state index contributed by atoms with van der Waals surface area (Å²) in [5.74, 6) is 0. The van der Waals surface area contributed by atoms with E-state index in [1.54, 1.807) is 0 Å². The van der Waals surface area contributed by atoms with Gasteiger partial charge in [0.2, 0.25) is 0 Å². The molecule has 5 nitrogen and oxygen atoms in total. The molecule has 0 bridgehead atoms. The average molecular weight is 284 g/mol. The molecule has 0 atom stereocenters. The molecule has 8 heteroatoms. The molecule has 0 amide bonds. The third-order valence-electron chi connectivity index (χ3n) is 2.78. The number of halogens is 3. The summed E-state index contributed by atoms with van der Waals surface area (Å²) in [4.78, 5) is 24.6. The highest BCUT2D eigenvalue weighted by Crippen LogP contribution is 2.35. The van der Waals surface area contributed by atoms with E-state index in [0.29, 0.717) is 6.07 Å². The number of carbonyl (C=O) groups excluding carboxylic acids is 1. The van der Waals surface area contributed by atoms with Crippen LogP contribution >= 0.6 is 0 Å². The molecule has 0 aliphatic heterocycles. The summed E-state index contributed by atoms with van der Waals surface area (Å²) in [6, 6.07) is 3.03. The lowest BCUT2D eigenvalue weighted by molar-refractivity contribution is -0.383. The first-order valence-electron chi connectivity index (χ1n) is 5.37. The van der Waals surface area contributed by atoms with Crippen LogP contribution in [0.1, 0.15) is 21.6 Å². The maximum Gasteiger partial charge on any atom is 0.433 e. The van der Waals surface area contributed by atoms with Crippen LogP contribution < -0.4 is 0 Å². The van der Waals surface area contributed by atoms with Crippen molar-refractivity contribution in [3.63, 3.8) is 0 Å². The first-order chi connectivity index (χ1) is 9.25. The van der Waals surface area contributed by atoms with E-state index in [1.807, 2.05) is 0 Å². The van der Waals surface area contributed by atoms with Crippen molar-refractivity contribution in [3.8, 4) is 0 Å². The number of aryl methyl sites for hydroxylation is 1. The first-order valence-corrected chi connectivity index (χ1v) is 5.37. The second-order valence-corrected chi connectivity index (χ2v) is 4.09. The van der Waals surface area contributed by atoms with E-state index in [9.17, 15) is 28.1 Å². The second kappa shape index (κ2) is 4.55. The first kappa shape index (κ1) is 13.9. The topological polar surface area (TPSA) is 73.1 Å². The van der Waals surface area contributed by atoms with Gasteiger partial charge in [-0.3, -0.25) is 14.9 Å². The largest absolute Gasteiger partial charge is 0.433 e. The predicted octanol–water partition coefficient (Wildman–Crippen LogP) is 3.28. The Morgan fingerprint density at radius 2 is 2.00 bits per heavy atom. The second-order valence-electron chi connectivity index (χ2n) is 4.09. The molecule has 2 aromatic rings. The molecule has 0 unspecified atom stereocenters. The lowest BCUT2D eigenvalue weighted by atomic mass is 10.0. The Labute approximate surface area is 110 Å². The monoisotopic (exact) mass is 284 g/mol. The van der Waals surface area contributed by atoms with Gasteiger partial charge in [-0.1, -0.05) is 6.07 Å². The lowest BCUT2D eigenvalue weighted by Gasteiger charge is -2.10. The highest BCUT2D eigenvalue weighted by atomic mass is 19.4. The molecule has 1 aromatic carbocycles. The van der Waals surface area contributed by atoms with E-state index >= 15 is 0 Å². The zero-order valence-electron chi connectivity index (χ0n) is 10.1. The molecule has 20 heavy (non-hydrogen) atoms. The maximum absolute atomic E-state index is 12.7. The summed E-state index contributed by atoms with van der Waals surface area (Å²) in [6.45, 7) is 1.43. The summed E-state index contributed by atoms with van der Waals surface area (Å²) in [5.41, 5.74) is -2.07. The average Bonchev–Trinajstić information content (AvgIpc) is 2.35. The smallest absolute Gasteiger partial charge is 0.298 e. The molecule has 0 spiro atoms. The quantitative estimate of drug-likeness (QED) is 0.482. The number of benzene rings is 1. The Kier molecular flexibility index (Phi) is 3.16. The number of rotatable bonds is 2. The van der Waals surface area contributed by atoms with Crippen LogP contribution in [0.2, 0.25) is 0 Å². The van der Waals surface area contributed by atoms with Crippen molar-refractivity contribution in [2.45, 2.75) is 13.1 Å². The van der Waals surface area contributed by atoms with Crippen LogP contribution in [0.15, 0.2) is 18.2 Å². The number of fused-ring (bicyclic) bond motifs is 1. The van der Waals surface area contributed by atoms with Crippen LogP contribution in [0.25, 0.3) is 10.9 Å². The fourth-order valence-electron chi connectivity index (χ4n) is 1.92. The molecule has 0 fully saturated rings. The summed E-state index contributed by atoms with van der Waals surface area (Å²) in [6.07, 6.45) is -4.57. The number of alkyl halides is 3. The minimum absolute atomic E-state index is 0.158. The summed E-state index contributed by atoms with van der Waals surface area (Å²) < 4.78 is 38.0. The van der Waals surface area contributed by atoms with Crippen LogP contribution in [0.3, 0.4) is 0 Å². The van der Waals surface area contributed by atoms with Gasteiger partial charge in [-0.15, -0.1) is 0 Å². The lowest BCUT2D eigenvalue weighted by Crippen LogP contribution is -2.10. The Hall–Kier alpha value is -2.51. The van der Waals surface area contributed by atoms with Crippen LogP contribution in [-0.4, -0.2) is 16.2 Å². The number of nitro benzene ring substituents is 1. The molecule has 104 valence electrons. The molecular weight excluding hydrogens is 277 g/mol. The number of aldehydes is 1. The van der Waals surface area contributed by atoms with Gasteiger partial charge < -0.3 is 0 Å². The Morgan fingerprint density at radius 1 is 1.35 bits per heavy atom. The van der Waals surface area contributed by atoms with Gasteiger partial charge in [-0.2, -0.15) is 13.2 Å². The molecular formula is C12H7F3N2O3. The highest BCUT2D eigenvalue weighted by Gasteiger charge is 2.34. The van der Waals surface area contributed by atoms with E-state index in [-0.39, 0.29) is 22.8 Å². The van der Waals surface area contributed by atoms with Crippen LogP contribution in [-0.2, 0) is 6.18 Å². The fourth-order valence-corrected chi connectivity index (χ4v) is 1.92. The minimum atomic E-state index is -4.73. The summed E-state index contributed by atoms with van der Waals surface area (Å²) >= 11 is 0. The van der Waals surface area contributed by atoms with Gasteiger partial charge >= 0.3 is 6.18 Å². The van der Waals surface area contributed by atoms with Gasteiger partial charge in [0.25, 0.3) is 5.69 Å². The van der Waals surface area contributed by atoms with Crippen LogP contribution in [0, 0.1) is 17.0 Å². The molecule has 0 saturated carbocycles. The van der Waals surface area contributed by atoms with Crippen LogP contribution in [0.5, 0.6) is 0 Å². The molecule has 0 N–H and O–H groups in total. The Morgan fingerprint density at radius 3 is 2.50 bits per heavy atom. The third-order valence-corrected chi connectivity index (χ3v) is 2.78. The number of aromatic nitrogens is 1. The van der Waals surface area contributed by atoms with Gasteiger partial charge in [0, 0.05) is 11.1 Å². The third kappa shape index (κ3) is 2.20. The normalized spacial score (nSPS) is 11.6. The van der Waals surface area contributed by atoms with Gasteiger partial charge in [-0.05, 0) is 19.1 Å². The maximum atomic E-state index is 12.7. The van der Waals surface area contributed by atoms with Gasteiger partial charge in [0.15, 0.2) is 6.29 Å². The molecule has 0 saturated heterocycles. The van der Waals surface area contributed by atoms with Crippen molar-refractivity contribution in [2.24, 2.45) is 0 Å². The molecule has 0 aliphatic rings. The number of pyridine rings is 1. The Balaban J connectivity index is 2.95. The zero-order valence-corrected chi connectivity index (χ0v) is 10.1. The van der Waals surface area contributed by atoms with Crippen molar-refractivity contribution in [3.05, 3.63) is 45.1 Å². The minimum Gasteiger partial charge on any atom is -0.298 e. The molecule has 2 rings (SSSR count).